The molecular weight excluding hydrogens is 204 g/mol. The van der Waals surface area contributed by atoms with Crippen LogP contribution in [0.3, 0.4) is 0 Å². The van der Waals surface area contributed by atoms with Gasteiger partial charge in [0.25, 0.3) is 0 Å². The molecule has 0 amide bonds. The van der Waals surface area contributed by atoms with E-state index in [4.69, 9.17) is 0 Å². The molecular formula is C12H12N2S. The van der Waals surface area contributed by atoms with E-state index in [2.05, 4.69) is 28.3 Å². The Morgan fingerprint density at radius 1 is 1.47 bits per heavy atom. The summed E-state index contributed by atoms with van der Waals surface area (Å²) in [5, 5.41) is 5.14. The number of anilines is 1. The summed E-state index contributed by atoms with van der Waals surface area (Å²) in [6.45, 7) is 3.83. The number of pyridine rings is 1. The van der Waals surface area contributed by atoms with Crippen molar-refractivity contribution in [2.24, 2.45) is 0 Å². The van der Waals surface area contributed by atoms with Gasteiger partial charge in [-0.25, -0.2) is 4.98 Å². The Kier molecular flexibility index (Phi) is 2.83. The van der Waals surface area contributed by atoms with E-state index in [1.54, 1.807) is 11.3 Å². The average Bonchev–Trinajstić information content (AvgIpc) is 2.81. The molecule has 0 radical (unpaired) electrons. The van der Waals surface area contributed by atoms with Crippen LogP contribution in [0.5, 0.6) is 0 Å². The van der Waals surface area contributed by atoms with Gasteiger partial charge in [-0.3, -0.25) is 0 Å². The van der Waals surface area contributed by atoms with Gasteiger partial charge in [0.15, 0.2) is 0 Å². The van der Waals surface area contributed by atoms with Gasteiger partial charge in [-0.05, 0) is 17.5 Å². The molecule has 2 heterocycles. The van der Waals surface area contributed by atoms with E-state index in [0.29, 0.717) is 0 Å². The quantitative estimate of drug-likeness (QED) is 0.849. The van der Waals surface area contributed by atoms with Crippen molar-refractivity contribution in [3.63, 3.8) is 0 Å². The minimum atomic E-state index is 0.871. The number of nitrogens with one attached hydrogen (secondary N) is 1. The molecule has 2 rings (SSSR count). The molecule has 2 nitrogen and oxygen atoms in total. The highest BCUT2D eigenvalue weighted by Gasteiger charge is 2.07. The van der Waals surface area contributed by atoms with Gasteiger partial charge in [0, 0.05) is 29.2 Å². The third kappa shape index (κ3) is 1.78. The Morgan fingerprint density at radius 3 is 2.93 bits per heavy atom. The van der Waals surface area contributed by atoms with E-state index in [9.17, 15) is 0 Å². The minimum Gasteiger partial charge on any atom is -0.373 e. The number of nitrogens with zero attached hydrogens (tertiary/aromatic N) is 1. The third-order valence-electron chi connectivity index (χ3n) is 2.22. The molecule has 0 aliphatic rings. The number of hydrogen-bond acceptors (Lipinski definition) is 3. The lowest BCUT2D eigenvalue weighted by molar-refractivity contribution is 1.28. The van der Waals surface area contributed by atoms with Crippen molar-refractivity contribution < 1.29 is 0 Å². The first-order valence-electron chi connectivity index (χ1n) is 4.70. The molecule has 0 saturated carbocycles. The Labute approximate surface area is 93.3 Å². The SMILES string of the molecule is C=Cc1c(-c2cccs2)ccnc1NC. The number of hydrogen-bond donors (Lipinski definition) is 1. The molecule has 1 N–H and O–H groups in total. The predicted molar refractivity (Wildman–Crippen MR) is 67.2 cm³/mol. The van der Waals surface area contributed by atoms with Crippen LogP contribution in [0, 0.1) is 0 Å². The maximum atomic E-state index is 4.26. The first-order chi connectivity index (χ1) is 7.36. The zero-order valence-electron chi connectivity index (χ0n) is 8.53. The summed E-state index contributed by atoms with van der Waals surface area (Å²) in [7, 11) is 1.87. The molecule has 0 fully saturated rings. The number of aromatic nitrogens is 1. The summed E-state index contributed by atoms with van der Waals surface area (Å²) in [5.41, 5.74) is 2.24. The molecule has 76 valence electrons. The monoisotopic (exact) mass is 216 g/mol. The van der Waals surface area contributed by atoms with E-state index < -0.39 is 0 Å². The van der Waals surface area contributed by atoms with Gasteiger partial charge in [-0.1, -0.05) is 18.7 Å². The van der Waals surface area contributed by atoms with Crippen molar-refractivity contribution in [2.45, 2.75) is 0 Å². The van der Waals surface area contributed by atoms with E-state index in [1.807, 2.05) is 31.5 Å². The van der Waals surface area contributed by atoms with Gasteiger partial charge in [-0.15, -0.1) is 11.3 Å². The van der Waals surface area contributed by atoms with Crippen LogP contribution in [-0.2, 0) is 0 Å². The van der Waals surface area contributed by atoms with Gasteiger partial charge in [0.05, 0.1) is 0 Å². The van der Waals surface area contributed by atoms with Crippen LogP contribution in [0.15, 0.2) is 36.4 Å². The van der Waals surface area contributed by atoms with Crippen LogP contribution in [-0.4, -0.2) is 12.0 Å². The van der Waals surface area contributed by atoms with Crippen molar-refractivity contribution in [1.82, 2.24) is 4.98 Å². The van der Waals surface area contributed by atoms with Gasteiger partial charge in [-0.2, -0.15) is 0 Å². The van der Waals surface area contributed by atoms with Gasteiger partial charge in [0.1, 0.15) is 5.82 Å². The van der Waals surface area contributed by atoms with Crippen LogP contribution in [0.1, 0.15) is 5.56 Å². The molecule has 0 unspecified atom stereocenters. The lowest BCUT2D eigenvalue weighted by Gasteiger charge is -2.08. The molecule has 0 aliphatic heterocycles. The summed E-state index contributed by atoms with van der Waals surface area (Å²) in [6, 6.07) is 6.17. The van der Waals surface area contributed by atoms with Crippen molar-refractivity contribution in [1.29, 1.82) is 0 Å². The predicted octanol–water partition coefficient (Wildman–Crippen LogP) is 3.49. The molecule has 15 heavy (non-hydrogen) atoms. The van der Waals surface area contributed by atoms with Crippen molar-refractivity contribution >= 4 is 23.2 Å². The maximum absolute atomic E-state index is 4.26. The van der Waals surface area contributed by atoms with E-state index >= 15 is 0 Å². The van der Waals surface area contributed by atoms with Crippen molar-refractivity contribution in [3.8, 4) is 10.4 Å². The molecule has 2 aromatic rings. The topological polar surface area (TPSA) is 24.9 Å². The van der Waals surface area contributed by atoms with E-state index in [0.717, 1.165) is 11.4 Å². The second-order valence-electron chi connectivity index (χ2n) is 3.05. The highest BCUT2D eigenvalue weighted by molar-refractivity contribution is 7.13. The largest absolute Gasteiger partial charge is 0.373 e. The molecule has 0 bridgehead atoms. The van der Waals surface area contributed by atoms with Crippen LogP contribution in [0.2, 0.25) is 0 Å². The zero-order valence-corrected chi connectivity index (χ0v) is 9.34. The molecule has 0 saturated heterocycles. The van der Waals surface area contributed by atoms with Gasteiger partial charge in [0.2, 0.25) is 0 Å². The summed E-state index contributed by atoms with van der Waals surface area (Å²) < 4.78 is 0. The second-order valence-corrected chi connectivity index (χ2v) is 4.00. The molecule has 0 aliphatic carbocycles. The number of rotatable bonds is 3. The first-order valence-corrected chi connectivity index (χ1v) is 5.58. The Balaban J connectivity index is 2.61. The highest BCUT2D eigenvalue weighted by atomic mass is 32.1. The van der Waals surface area contributed by atoms with Crippen molar-refractivity contribution in [3.05, 3.63) is 41.9 Å². The average molecular weight is 216 g/mol. The first kappa shape index (κ1) is 9.93. The Morgan fingerprint density at radius 2 is 2.33 bits per heavy atom. The third-order valence-corrected chi connectivity index (χ3v) is 3.12. The standard InChI is InChI=1S/C12H12N2S/c1-3-9-10(11-5-4-8-15-11)6-7-14-12(9)13-2/h3-8H,1H2,2H3,(H,13,14). The summed E-state index contributed by atoms with van der Waals surface area (Å²) in [6.07, 6.45) is 3.65. The van der Waals surface area contributed by atoms with Crippen molar-refractivity contribution in [2.75, 3.05) is 12.4 Å². The molecule has 2 aromatic heterocycles. The highest BCUT2D eigenvalue weighted by Crippen LogP contribution is 2.31. The fraction of sp³-hybridized carbons (Fsp3) is 0.0833. The molecule has 0 atom stereocenters. The number of thiophene rings is 1. The van der Waals surface area contributed by atoms with E-state index in [-0.39, 0.29) is 0 Å². The fourth-order valence-corrected chi connectivity index (χ4v) is 2.29. The lowest BCUT2D eigenvalue weighted by Crippen LogP contribution is -1.96. The Hall–Kier alpha value is -1.61. The van der Waals surface area contributed by atoms with E-state index in [1.165, 1.54) is 10.4 Å². The van der Waals surface area contributed by atoms with Crippen LogP contribution in [0.4, 0.5) is 5.82 Å². The van der Waals surface area contributed by atoms with Crippen LogP contribution >= 0.6 is 11.3 Å². The minimum absolute atomic E-state index is 0.871. The fourth-order valence-electron chi connectivity index (χ4n) is 1.53. The van der Waals surface area contributed by atoms with Crippen LogP contribution in [0.25, 0.3) is 16.5 Å². The Bertz CT molecular complexity index is 460. The molecule has 0 aromatic carbocycles. The van der Waals surface area contributed by atoms with Crippen LogP contribution < -0.4 is 5.32 Å². The van der Waals surface area contributed by atoms with Gasteiger partial charge < -0.3 is 5.32 Å². The summed E-state index contributed by atoms with van der Waals surface area (Å²) >= 11 is 1.72. The summed E-state index contributed by atoms with van der Waals surface area (Å²) in [4.78, 5) is 5.50. The maximum Gasteiger partial charge on any atom is 0.133 e. The molecule has 0 spiro atoms. The lowest BCUT2D eigenvalue weighted by atomic mass is 10.1. The zero-order chi connectivity index (χ0) is 10.7. The summed E-state index contributed by atoms with van der Waals surface area (Å²) in [5.74, 6) is 0.871. The second kappa shape index (κ2) is 4.28. The molecule has 3 heteroatoms. The smallest absolute Gasteiger partial charge is 0.133 e. The normalized spacial score (nSPS) is 9.93. The van der Waals surface area contributed by atoms with Gasteiger partial charge >= 0.3 is 0 Å².